The van der Waals surface area contributed by atoms with Crippen LogP contribution in [0.3, 0.4) is 0 Å². The second kappa shape index (κ2) is 7.52. The highest BCUT2D eigenvalue weighted by Gasteiger charge is 2.41. The van der Waals surface area contributed by atoms with Crippen LogP contribution in [0.4, 0.5) is 5.95 Å². The fraction of sp³-hybridized carbons (Fsp3) is 0.0870. The van der Waals surface area contributed by atoms with Crippen LogP contribution in [0.5, 0.6) is 5.75 Å². The lowest BCUT2D eigenvalue weighted by molar-refractivity contribution is 0.223. The van der Waals surface area contributed by atoms with E-state index in [9.17, 15) is 0 Å². The molecule has 158 valence electrons. The monoisotopic (exact) mass is 481 g/mol. The summed E-state index contributed by atoms with van der Waals surface area (Å²) in [7, 11) is 0. The van der Waals surface area contributed by atoms with E-state index in [1.807, 2.05) is 41.2 Å². The second-order valence-electron chi connectivity index (χ2n) is 7.48. The molecule has 0 unspecified atom stereocenters. The summed E-state index contributed by atoms with van der Waals surface area (Å²) in [6.07, 6.45) is 4.58. The van der Waals surface area contributed by atoms with E-state index in [0.29, 0.717) is 26.8 Å². The van der Waals surface area contributed by atoms with E-state index in [0.717, 1.165) is 28.0 Å². The Morgan fingerprint density at radius 3 is 2.66 bits per heavy atom. The van der Waals surface area contributed by atoms with Gasteiger partial charge >= 0.3 is 0 Å². The first-order valence-electron chi connectivity index (χ1n) is 9.82. The maximum absolute atomic E-state index is 6.64. The first-order chi connectivity index (χ1) is 15.6. The van der Waals surface area contributed by atoms with Gasteiger partial charge in [0.25, 0.3) is 0 Å². The minimum atomic E-state index is -0.501. The number of aromatic nitrogens is 4. The number of fused-ring (bicyclic) bond motifs is 3. The molecule has 1 N–H and O–H groups in total. The number of nitrogens with zero attached hydrogens (tertiary/aromatic N) is 4. The molecule has 0 fully saturated rings. The molecule has 2 aromatic carbocycles. The number of anilines is 1. The number of ether oxygens (including phenoxy) is 1. The van der Waals surface area contributed by atoms with E-state index in [1.54, 1.807) is 24.4 Å². The van der Waals surface area contributed by atoms with E-state index in [4.69, 9.17) is 39.5 Å². The SMILES string of the molecule is Clc1ccc([C@H]2Oc3ccc(Cl)cc3C3=C2[C@@H](c2cccnc2)n2ncnc2N3)c(Cl)c1. The molecule has 2 atom stereocenters. The van der Waals surface area contributed by atoms with Crippen molar-refractivity contribution in [1.82, 2.24) is 19.7 Å². The molecule has 0 aliphatic carbocycles. The van der Waals surface area contributed by atoms with E-state index in [-0.39, 0.29) is 6.04 Å². The highest BCUT2D eigenvalue weighted by molar-refractivity contribution is 6.35. The molecule has 32 heavy (non-hydrogen) atoms. The quantitative estimate of drug-likeness (QED) is 0.369. The van der Waals surface area contributed by atoms with Crippen LogP contribution in [0.25, 0.3) is 5.70 Å². The number of nitrogens with one attached hydrogen (secondary N) is 1. The molecule has 0 amide bonds. The van der Waals surface area contributed by atoms with E-state index in [2.05, 4.69) is 20.4 Å². The van der Waals surface area contributed by atoms with E-state index < -0.39 is 6.10 Å². The molecular formula is C23H14Cl3N5O. The van der Waals surface area contributed by atoms with Crippen molar-refractivity contribution in [2.75, 3.05) is 5.32 Å². The number of pyridine rings is 1. The minimum Gasteiger partial charge on any atom is -0.480 e. The summed E-state index contributed by atoms with van der Waals surface area (Å²) < 4.78 is 8.37. The summed E-state index contributed by atoms with van der Waals surface area (Å²) in [6.45, 7) is 0. The van der Waals surface area contributed by atoms with Crippen molar-refractivity contribution in [2.45, 2.75) is 12.1 Å². The van der Waals surface area contributed by atoms with Crippen LogP contribution in [0.1, 0.15) is 28.8 Å². The largest absolute Gasteiger partial charge is 0.480 e. The van der Waals surface area contributed by atoms with Gasteiger partial charge in [0.05, 0.1) is 5.70 Å². The third-order valence-corrected chi connectivity index (χ3v) is 6.42. The van der Waals surface area contributed by atoms with Gasteiger partial charge in [0.2, 0.25) is 5.95 Å². The van der Waals surface area contributed by atoms with Gasteiger partial charge in [-0.05, 0) is 42.0 Å². The Labute approximate surface area is 198 Å². The summed E-state index contributed by atoms with van der Waals surface area (Å²) in [4.78, 5) is 8.74. The van der Waals surface area contributed by atoms with Crippen molar-refractivity contribution in [3.05, 3.63) is 105 Å². The Kier molecular flexibility index (Phi) is 4.61. The van der Waals surface area contributed by atoms with Crippen LogP contribution < -0.4 is 10.1 Å². The summed E-state index contributed by atoms with van der Waals surface area (Å²) >= 11 is 19.2. The van der Waals surface area contributed by atoms with Crippen molar-refractivity contribution >= 4 is 46.4 Å². The fourth-order valence-corrected chi connectivity index (χ4v) is 4.95. The van der Waals surface area contributed by atoms with Gasteiger partial charge in [-0.1, -0.05) is 46.9 Å². The summed E-state index contributed by atoms with van der Waals surface area (Å²) in [5.41, 5.74) is 4.37. The summed E-state index contributed by atoms with van der Waals surface area (Å²) in [5, 5.41) is 9.60. The van der Waals surface area contributed by atoms with Crippen LogP contribution in [0, 0.1) is 0 Å². The third kappa shape index (κ3) is 3.06. The molecule has 0 saturated carbocycles. The average Bonchev–Trinajstić information content (AvgIpc) is 3.26. The fourth-order valence-electron chi connectivity index (χ4n) is 4.27. The lowest BCUT2D eigenvalue weighted by Crippen LogP contribution is -2.32. The molecule has 0 bridgehead atoms. The third-order valence-electron chi connectivity index (χ3n) is 5.62. The molecule has 9 heteroatoms. The zero-order valence-corrected chi connectivity index (χ0v) is 18.6. The molecule has 6 rings (SSSR count). The minimum absolute atomic E-state index is 0.318. The van der Waals surface area contributed by atoms with Gasteiger partial charge in [0.1, 0.15) is 18.1 Å². The highest BCUT2D eigenvalue weighted by Crippen LogP contribution is 2.51. The lowest BCUT2D eigenvalue weighted by Gasteiger charge is -2.39. The zero-order valence-electron chi connectivity index (χ0n) is 16.3. The number of benzene rings is 2. The topological polar surface area (TPSA) is 64.9 Å². The summed E-state index contributed by atoms with van der Waals surface area (Å²) in [6, 6.07) is 14.5. The smallest absolute Gasteiger partial charge is 0.226 e. The van der Waals surface area contributed by atoms with Crippen LogP contribution in [0.2, 0.25) is 15.1 Å². The number of hydrogen-bond donors (Lipinski definition) is 1. The van der Waals surface area contributed by atoms with Gasteiger partial charge in [0.15, 0.2) is 6.10 Å². The van der Waals surface area contributed by atoms with Crippen molar-refractivity contribution in [2.24, 2.45) is 0 Å². The maximum Gasteiger partial charge on any atom is 0.226 e. The van der Waals surface area contributed by atoms with Crippen LogP contribution in [-0.2, 0) is 0 Å². The van der Waals surface area contributed by atoms with Crippen molar-refractivity contribution < 1.29 is 4.74 Å². The van der Waals surface area contributed by atoms with Gasteiger partial charge in [0, 0.05) is 44.2 Å². The van der Waals surface area contributed by atoms with Crippen LogP contribution in [0.15, 0.2) is 72.8 Å². The number of hydrogen-bond acceptors (Lipinski definition) is 5. The molecule has 0 radical (unpaired) electrons. The predicted octanol–water partition coefficient (Wildman–Crippen LogP) is 6.19. The molecule has 0 saturated heterocycles. The van der Waals surface area contributed by atoms with Gasteiger partial charge in [-0.15, -0.1) is 0 Å². The molecular weight excluding hydrogens is 469 g/mol. The van der Waals surface area contributed by atoms with Gasteiger partial charge < -0.3 is 10.1 Å². The first kappa shape index (κ1) is 19.6. The average molecular weight is 483 g/mol. The molecule has 2 aromatic heterocycles. The van der Waals surface area contributed by atoms with Gasteiger partial charge in [-0.2, -0.15) is 10.1 Å². The van der Waals surface area contributed by atoms with Crippen molar-refractivity contribution in [1.29, 1.82) is 0 Å². The van der Waals surface area contributed by atoms with Gasteiger partial charge in [-0.3, -0.25) is 4.98 Å². The molecule has 2 aliphatic rings. The van der Waals surface area contributed by atoms with E-state index in [1.165, 1.54) is 6.33 Å². The summed E-state index contributed by atoms with van der Waals surface area (Å²) in [5.74, 6) is 1.31. The van der Waals surface area contributed by atoms with Crippen LogP contribution >= 0.6 is 34.8 Å². The number of halogens is 3. The normalized spacial score (nSPS) is 18.8. The van der Waals surface area contributed by atoms with Crippen LogP contribution in [-0.4, -0.2) is 19.7 Å². The van der Waals surface area contributed by atoms with E-state index >= 15 is 0 Å². The van der Waals surface area contributed by atoms with Gasteiger partial charge in [-0.25, -0.2) is 4.68 Å². The standard InChI is InChI=1S/C23H14Cl3N5O/c24-13-4-6-18-16(8-13)20-19(22(32-18)15-5-3-14(25)9-17(15)26)21(12-2-1-7-27-10-12)31-23(30-20)28-11-29-31/h1-11,21-22H,(H,28,29,30)/t21-,22-/m1/s1. The first-order valence-corrected chi connectivity index (χ1v) is 11.0. The van der Waals surface area contributed by atoms with Crippen molar-refractivity contribution in [3.8, 4) is 5.75 Å². The zero-order chi connectivity index (χ0) is 21.8. The Morgan fingerprint density at radius 2 is 1.84 bits per heavy atom. The molecule has 6 nitrogen and oxygen atoms in total. The lowest BCUT2D eigenvalue weighted by atomic mass is 9.85. The Bertz CT molecular complexity index is 1390. The molecule has 4 aromatic rings. The van der Waals surface area contributed by atoms with Crippen molar-refractivity contribution in [3.63, 3.8) is 0 Å². The Balaban J connectivity index is 1.65. The highest BCUT2D eigenvalue weighted by atomic mass is 35.5. The maximum atomic E-state index is 6.64. The Hall–Kier alpha value is -3.06. The molecule has 0 spiro atoms. The number of rotatable bonds is 2. The molecule has 2 aliphatic heterocycles. The second-order valence-corrected chi connectivity index (χ2v) is 8.76. The predicted molar refractivity (Wildman–Crippen MR) is 124 cm³/mol. The Morgan fingerprint density at radius 1 is 1.00 bits per heavy atom. The molecule has 4 heterocycles.